The molecule has 0 radical (unpaired) electrons. The van der Waals surface area contributed by atoms with Gasteiger partial charge in [-0.05, 0) is 112 Å². The van der Waals surface area contributed by atoms with Gasteiger partial charge in [0.15, 0.2) is 0 Å². The number of hydrogen-bond donors (Lipinski definition) is 0. The van der Waals surface area contributed by atoms with Gasteiger partial charge in [-0.25, -0.2) is 4.98 Å². The predicted molar refractivity (Wildman–Crippen MR) is 180 cm³/mol. The molecule has 0 amide bonds. The molecule has 8 rings (SSSR count). The van der Waals surface area contributed by atoms with Gasteiger partial charge < -0.3 is 4.57 Å². The van der Waals surface area contributed by atoms with Gasteiger partial charge in [0.05, 0.1) is 46.2 Å². The topological polar surface area (TPSA) is 115 Å². The third kappa shape index (κ3) is 4.60. The molecule has 7 nitrogen and oxygen atoms in total. The Morgan fingerprint density at radius 3 is 2.19 bits per heavy atom. The molecule has 0 aliphatic heterocycles. The third-order valence-corrected chi connectivity index (χ3v) is 9.45. The monoisotopic (exact) mass is 603 g/mol. The Kier molecular flexibility index (Phi) is 6.57. The van der Waals surface area contributed by atoms with Gasteiger partial charge in [0.1, 0.15) is 11.8 Å². The SMILES string of the molecule is CC1c2ccc(-c3ccc4c(c3)c3cnccc3n4-c3ccc(C#N)nc3)cc2-c2cnccc2CC1c1cc(C#N)cc(C#N)c1. The molecule has 1 aliphatic carbocycles. The summed E-state index contributed by atoms with van der Waals surface area (Å²) in [6.45, 7) is 2.24. The van der Waals surface area contributed by atoms with Crippen molar-refractivity contribution in [1.29, 1.82) is 15.8 Å². The van der Waals surface area contributed by atoms with E-state index in [-0.39, 0.29) is 11.8 Å². The van der Waals surface area contributed by atoms with Crippen molar-refractivity contribution in [1.82, 2.24) is 19.5 Å². The van der Waals surface area contributed by atoms with Gasteiger partial charge in [-0.2, -0.15) is 15.8 Å². The van der Waals surface area contributed by atoms with E-state index in [4.69, 9.17) is 0 Å². The Balaban J connectivity index is 1.27. The molecule has 0 fully saturated rings. The van der Waals surface area contributed by atoms with E-state index in [9.17, 15) is 15.8 Å². The molecule has 220 valence electrons. The van der Waals surface area contributed by atoms with Crippen LogP contribution in [0.15, 0.2) is 110 Å². The summed E-state index contributed by atoms with van der Waals surface area (Å²) in [5.41, 5.74) is 12.1. The van der Waals surface area contributed by atoms with E-state index in [1.54, 1.807) is 24.5 Å². The zero-order valence-electron chi connectivity index (χ0n) is 25.4. The normalized spacial score (nSPS) is 15.2. The maximum Gasteiger partial charge on any atom is 0.140 e. The molecule has 0 saturated carbocycles. The number of hydrogen-bond acceptors (Lipinski definition) is 6. The highest BCUT2D eigenvalue weighted by Gasteiger charge is 2.30. The smallest absolute Gasteiger partial charge is 0.140 e. The first kappa shape index (κ1) is 27.9. The van der Waals surface area contributed by atoms with E-state index < -0.39 is 0 Å². The quantitative estimate of drug-likeness (QED) is 0.200. The second-order valence-corrected chi connectivity index (χ2v) is 12.0. The maximum absolute atomic E-state index is 9.67. The number of benzene rings is 3. The number of aromatic nitrogens is 4. The molecule has 0 bridgehead atoms. The van der Waals surface area contributed by atoms with Crippen molar-refractivity contribution < 1.29 is 0 Å². The summed E-state index contributed by atoms with van der Waals surface area (Å²) in [7, 11) is 0. The van der Waals surface area contributed by atoms with Crippen LogP contribution in [-0.4, -0.2) is 19.5 Å². The van der Waals surface area contributed by atoms with E-state index in [1.165, 1.54) is 11.1 Å². The number of rotatable bonds is 3. The molecule has 3 aromatic carbocycles. The van der Waals surface area contributed by atoms with Crippen LogP contribution >= 0.6 is 0 Å². The fourth-order valence-corrected chi connectivity index (χ4v) is 7.15. The van der Waals surface area contributed by atoms with Gasteiger partial charge in [0.2, 0.25) is 0 Å². The molecule has 2 atom stereocenters. The first-order valence-corrected chi connectivity index (χ1v) is 15.3. The highest BCUT2D eigenvalue weighted by molar-refractivity contribution is 6.10. The van der Waals surface area contributed by atoms with Crippen molar-refractivity contribution in [2.75, 3.05) is 0 Å². The van der Waals surface area contributed by atoms with Crippen LogP contribution in [0, 0.1) is 34.0 Å². The van der Waals surface area contributed by atoms with Gasteiger partial charge in [-0.15, -0.1) is 0 Å². The fourth-order valence-electron chi connectivity index (χ4n) is 7.15. The van der Waals surface area contributed by atoms with Crippen LogP contribution in [0.4, 0.5) is 0 Å². The minimum absolute atomic E-state index is 0.0790. The summed E-state index contributed by atoms with van der Waals surface area (Å²) in [4.78, 5) is 13.3. The zero-order chi connectivity index (χ0) is 32.1. The molecule has 0 N–H and O–H groups in total. The number of fused-ring (bicyclic) bond motifs is 6. The highest BCUT2D eigenvalue weighted by Crippen LogP contribution is 2.46. The van der Waals surface area contributed by atoms with Crippen molar-refractivity contribution in [2.45, 2.75) is 25.2 Å². The predicted octanol–water partition coefficient (Wildman–Crippen LogP) is 8.36. The maximum atomic E-state index is 9.67. The molecule has 4 aromatic heterocycles. The summed E-state index contributed by atoms with van der Waals surface area (Å²) in [6, 6.07) is 33.0. The molecule has 7 aromatic rings. The van der Waals surface area contributed by atoms with Gasteiger partial charge in [-0.1, -0.05) is 25.1 Å². The lowest BCUT2D eigenvalue weighted by atomic mass is 9.79. The summed E-state index contributed by atoms with van der Waals surface area (Å²) in [6.07, 6.45) is 9.98. The van der Waals surface area contributed by atoms with Crippen LogP contribution < -0.4 is 0 Å². The highest BCUT2D eigenvalue weighted by atomic mass is 15.0. The molecule has 0 spiro atoms. The van der Waals surface area contributed by atoms with Crippen molar-refractivity contribution in [3.8, 4) is 46.1 Å². The summed E-state index contributed by atoms with van der Waals surface area (Å²) >= 11 is 0. The molecule has 7 heteroatoms. The van der Waals surface area contributed by atoms with E-state index >= 15 is 0 Å². The third-order valence-electron chi connectivity index (χ3n) is 9.45. The molecule has 1 aliphatic rings. The minimum atomic E-state index is 0.0790. The van der Waals surface area contributed by atoms with E-state index in [1.807, 2.05) is 42.9 Å². The number of nitrogens with zero attached hydrogens (tertiary/aromatic N) is 7. The molecular formula is C40H25N7. The minimum Gasteiger partial charge on any atom is -0.308 e. The van der Waals surface area contributed by atoms with E-state index in [2.05, 4.69) is 87.1 Å². The molecule has 2 unspecified atom stereocenters. The lowest BCUT2D eigenvalue weighted by molar-refractivity contribution is 0.579. The Morgan fingerprint density at radius 1 is 0.681 bits per heavy atom. The second kappa shape index (κ2) is 11.1. The first-order chi connectivity index (χ1) is 23.1. The van der Waals surface area contributed by atoms with Crippen LogP contribution in [0.25, 0.3) is 49.7 Å². The average molecular weight is 604 g/mol. The summed E-state index contributed by atoms with van der Waals surface area (Å²) in [5, 5.41) is 30.7. The Morgan fingerprint density at radius 2 is 1.43 bits per heavy atom. The Bertz CT molecular complexity index is 2470. The summed E-state index contributed by atoms with van der Waals surface area (Å²) < 4.78 is 2.16. The lowest BCUT2D eigenvalue weighted by Gasteiger charge is -2.24. The van der Waals surface area contributed by atoms with Gasteiger partial charge >= 0.3 is 0 Å². The van der Waals surface area contributed by atoms with Crippen molar-refractivity contribution in [3.63, 3.8) is 0 Å². The second-order valence-electron chi connectivity index (χ2n) is 12.0. The molecule has 4 heterocycles. The van der Waals surface area contributed by atoms with Gasteiger partial charge in [0, 0.05) is 41.1 Å². The van der Waals surface area contributed by atoms with E-state index in [0.29, 0.717) is 16.8 Å². The van der Waals surface area contributed by atoms with Crippen molar-refractivity contribution >= 4 is 21.8 Å². The van der Waals surface area contributed by atoms with Crippen molar-refractivity contribution in [3.05, 3.63) is 143 Å². The van der Waals surface area contributed by atoms with Crippen LogP contribution in [-0.2, 0) is 6.42 Å². The first-order valence-electron chi connectivity index (χ1n) is 15.3. The molecule has 47 heavy (non-hydrogen) atoms. The fraction of sp³-hybridized carbons (Fsp3) is 0.100. The average Bonchev–Trinajstić information content (AvgIpc) is 3.40. The van der Waals surface area contributed by atoms with Gasteiger partial charge in [0.25, 0.3) is 0 Å². The van der Waals surface area contributed by atoms with Crippen molar-refractivity contribution in [2.24, 2.45) is 0 Å². The Hall–Kier alpha value is -6.62. The Labute approximate surface area is 271 Å². The number of pyridine rings is 3. The zero-order valence-corrected chi connectivity index (χ0v) is 25.4. The van der Waals surface area contributed by atoms with Crippen LogP contribution in [0.2, 0.25) is 0 Å². The lowest BCUT2D eigenvalue weighted by Crippen LogP contribution is -2.11. The largest absolute Gasteiger partial charge is 0.308 e. The number of nitriles is 3. The van der Waals surface area contributed by atoms with Crippen LogP contribution in [0.3, 0.4) is 0 Å². The molecule has 0 saturated heterocycles. The van der Waals surface area contributed by atoms with E-state index in [0.717, 1.165) is 61.7 Å². The summed E-state index contributed by atoms with van der Waals surface area (Å²) in [5.74, 6) is 0.204. The standard InChI is InChI=1S/C40H25N7/c1-24-33-6-2-27(15-35(33)37-22-44-10-8-29(37)17-34(24)30-13-25(18-41)12-26(14-30)19-42)28-3-7-39-36(16-28)38-23-45-11-9-40(38)47(39)32-5-4-31(20-43)46-21-32/h2-16,21-24,34H,17H2,1H3. The van der Waals surface area contributed by atoms with Gasteiger partial charge in [-0.3, -0.25) is 9.97 Å². The van der Waals surface area contributed by atoms with Crippen LogP contribution in [0.1, 0.15) is 52.3 Å². The molecular weight excluding hydrogens is 578 g/mol. The van der Waals surface area contributed by atoms with Crippen LogP contribution in [0.5, 0.6) is 0 Å².